The van der Waals surface area contributed by atoms with E-state index in [1.165, 1.54) is 6.20 Å². The first-order valence-electron chi connectivity index (χ1n) is 4.99. The van der Waals surface area contributed by atoms with E-state index in [0.717, 1.165) is 6.42 Å². The predicted octanol–water partition coefficient (Wildman–Crippen LogP) is 1.79. The van der Waals surface area contributed by atoms with Gasteiger partial charge in [0.2, 0.25) is 0 Å². The van der Waals surface area contributed by atoms with Crippen molar-refractivity contribution in [3.05, 3.63) is 18.0 Å². The van der Waals surface area contributed by atoms with Gasteiger partial charge in [-0.05, 0) is 12.3 Å². The lowest BCUT2D eigenvalue weighted by molar-refractivity contribution is 0.0936. The van der Waals surface area contributed by atoms with Gasteiger partial charge in [0.05, 0.1) is 11.8 Å². The first-order chi connectivity index (χ1) is 7.13. The van der Waals surface area contributed by atoms with Gasteiger partial charge in [0, 0.05) is 18.1 Å². The van der Waals surface area contributed by atoms with Crippen molar-refractivity contribution in [1.29, 1.82) is 0 Å². The number of hydrogen-bond donors (Lipinski definition) is 2. The van der Waals surface area contributed by atoms with Crippen LogP contribution in [0.5, 0.6) is 0 Å². The molecule has 1 atom stereocenters. The van der Waals surface area contributed by atoms with Crippen LogP contribution in [0.3, 0.4) is 0 Å². The normalized spacial score (nSPS) is 12.8. The lowest BCUT2D eigenvalue weighted by Gasteiger charge is -2.17. The highest BCUT2D eigenvalue weighted by atomic mass is 35.5. The van der Waals surface area contributed by atoms with Crippen molar-refractivity contribution in [2.45, 2.75) is 26.3 Å². The van der Waals surface area contributed by atoms with Crippen molar-refractivity contribution < 1.29 is 4.79 Å². The van der Waals surface area contributed by atoms with Gasteiger partial charge in [0.15, 0.2) is 0 Å². The molecule has 0 bridgehead atoms. The summed E-state index contributed by atoms with van der Waals surface area (Å²) >= 11 is 5.78. The van der Waals surface area contributed by atoms with Crippen LogP contribution in [0, 0.1) is 5.92 Å². The van der Waals surface area contributed by atoms with Crippen LogP contribution in [0.25, 0.3) is 0 Å². The van der Waals surface area contributed by atoms with Gasteiger partial charge in [0.25, 0.3) is 5.91 Å². The molecule has 0 fully saturated rings. The van der Waals surface area contributed by atoms with Gasteiger partial charge >= 0.3 is 0 Å². The van der Waals surface area contributed by atoms with Crippen molar-refractivity contribution in [1.82, 2.24) is 15.5 Å². The summed E-state index contributed by atoms with van der Waals surface area (Å²) in [6, 6.07) is 0.0223. The second-order valence-electron chi connectivity index (χ2n) is 3.94. The predicted molar refractivity (Wildman–Crippen MR) is 60.0 cm³/mol. The molecule has 0 radical (unpaired) electrons. The highest BCUT2D eigenvalue weighted by Gasteiger charge is 2.14. The van der Waals surface area contributed by atoms with E-state index >= 15 is 0 Å². The van der Waals surface area contributed by atoms with Crippen molar-refractivity contribution >= 4 is 17.5 Å². The number of aromatic amines is 1. The van der Waals surface area contributed by atoms with Gasteiger partial charge in [-0.2, -0.15) is 5.10 Å². The quantitative estimate of drug-likeness (QED) is 0.757. The Labute approximate surface area is 94.4 Å². The van der Waals surface area contributed by atoms with E-state index in [0.29, 0.717) is 17.4 Å². The number of carbonyl (C=O) groups excluding carboxylic acids is 1. The maximum absolute atomic E-state index is 11.6. The first-order valence-corrected chi connectivity index (χ1v) is 5.52. The Balaban J connectivity index is 2.48. The number of H-pyrrole nitrogens is 1. The molecule has 0 saturated heterocycles. The molecule has 0 aromatic carbocycles. The molecule has 1 aromatic rings. The van der Waals surface area contributed by atoms with E-state index in [4.69, 9.17) is 11.6 Å². The minimum absolute atomic E-state index is 0.0223. The van der Waals surface area contributed by atoms with Gasteiger partial charge < -0.3 is 5.32 Å². The third-order valence-corrected chi connectivity index (χ3v) is 2.41. The Morgan fingerprint density at radius 2 is 2.40 bits per heavy atom. The van der Waals surface area contributed by atoms with E-state index in [9.17, 15) is 4.79 Å². The number of amides is 1. The zero-order chi connectivity index (χ0) is 11.3. The van der Waals surface area contributed by atoms with Crippen molar-refractivity contribution in [3.8, 4) is 0 Å². The van der Waals surface area contributed by atoms with Gasteiger partial charge in [-0.25, -0.2) is 0 Å². The third kappa shape index (κ3) is 3.91. The van der Waals surface area contributed by atoms with Crippen LogP contribution in [0.2, 0.25) is 0 Å². The second-order valence-corrected chi connectivity index (χ2v) is 4.25. The van der Waals surface area contributed by atoms with E-state index in [-0.39, 0.29) is 11.9 Å². The third-order valence-electron chi connectivity index (χ3n) is 2.04. The van der Waals surface area contributed by atoms with Crippen molar-refractivity contribution in [3.63, 3.8) is 0 Å². The minimum atomic E-state index is -0.130. The molecular formula is C10H16ClN3O. The molecule has 0 aliphatic rings. The molecule has 1 rings (SSSR count). The Bertz CT molecular complexity index is 298. The summed E-state index contributed by atoms with van der Waals surface area (Å²) in [5, 5.41) is 9.19. The molecule has 0 aliphatic carbocycles. The number of alkyl halides is 1. The smallest absolute Gasteiger partial charge is 0.254 e. The fourth-order valence-electron chi connectivity index (χ4n) is 1.37. The van der Waals surface area contributed by atoms with Crippen LogP contribution in [-0.4, -0.2) is 28.0 Å². The van der Waals surface area contributed by atoms with Gasteiger partial charge in [-0.15, -0.1) is 11.6 Å². The van der Waals surface area contributed by atoms with Crippen LogP contribution in [0.15, 0.2) is 12.4 Å². The van der Waals surface area contributed by atoms with Crippen LogP contribution in [0.1, 0.15) is 30.6 Å². The number of nitrogens with one attached hydrogen (secondary N) is 2. The van der Waals surface area contributed by atoms with E-state index < -0.39 is 0 Å². The maximum atomic E-state index is 11.6. The maximum Gasteiger partial charge on any atom is 0.254 e. The molecule has 5 heteroatoms. The summed E-state index contributed by atoms with van der Waals surface area (Å²) in [6.07, 6.45) is 3.94. The van der Waals surface area contributed by atoms with Gasteiger partial charge in [0.1, 0.15) is 0 Å². The summed E-state index contributed by atoms with van der Waals surface area (Å²) in [5.74, 6) is 0.815. The lowest BCUT2D eigenvalue weighted by Crippen LogP contribution is -2.36. The summed E-state index contributed by atoms with van der Waals surface area (Å²) < 4.78 is 0. The molecule has 15 heavy (non-hydrogen) atoms. The zero-order valence-electron chi connectivity index (χ0n) is 8.96. The summed E-state index contributed by atoms with van der Waals surface area (Å²) in [6.45, 7) is 4.20. The largest absolute Gasteiger partial charge is 0.348 e. The van der Waals surface area contributed by atoms with Crippen LogP contribution in [0.4, 0.5) is 0 Å². The monoisotopic (exact) mass is 229 g/mol. The molecule has 1 unspecified atom stereocenters. The Hall–Kier alpha value is -1.03. The first kappa shape index (κ1) is 12.0. The molecule has 0 spiro atoms. The average Bonchev–Trinajstić information content (AvgIpc) is 2.68. The van der Waals surface area contributed by atoms with Gasteiger partial charge in [-0.3, -0.25) is 9.89 Å². The van der Waals surface area contributed by atoms with Gasteiger partial charge in [-0.1, -0.05) is 13.8 Å². The Morgan fingerprint density at radius 3 is 2.87 bits per heavy atom. The van der Waals surface area contributed by atoms with Crippen LogP contribution in [-0.2, 0) is 0 Å². The molecule has 4 nitrogen and oxygen atoms in total. The van der Waals surface area contributed by atoms with E-state index in [1.54, 1.807) is 6.20 Å². The summed E-state index contributed by atoms with van der Waals surface area (Å²) in [4.78, 5) is 11.6. The number of aromatic nitrogens is 2. The highest BCUT2D eigenvalue weighted by molar-refractivity contribution is 6.18. The number of nitrogens with zero attached hydrogens (tertiary/aromatic N) is 1. The fourth-order valence-corrected chi connectivity index (χ4v) is 1.58. The number of hydrogen-bond acceptors (Lipinski definition) is 2. The van der Waals surface area contributed by atoms with Crippen LogP contribution >= 0.6 is 11.6 Å². The number of carbonyl (C=O) groups is 1. The summed E-state index contributed by atoms with van der Waals surface area (Å²) in [5.41, 5.74) is 0.536. The minimum Gasteiger partial charge on any atom is -0.348 e. The second kappa shape index (κ2) is 5.75. The van der Waals surface area contributed by atoms with E-state index in [2.05, 4.69) is 29.4 Å². The molecule has 1 amide bonds. The molecule has 1 heterocycles. The topological polar surface area (TPSA) is 57.8 Å². The fraction of sp³-hybridized carbons (Fsp3) is 0.600. The zero-order valence-corrected chi connectivity index (χ0v) is 9.71. The highest BCUT2D eigenvalue weighted by Crippen LogP contribution is 2.07. The lowest BCUT2D eigenvalue weighted by atomic mass is 10.1. The Morgan fingerprint density at radius 1 is 1.67 bits per heavy atom. The molecule has 2 N–H and O–H groups in total. The SMILES string of the molecule is CC(C)CC(CCl)NC(=O)c1cn[nH]c1. The average molecular weight is 230 g/mol. The standard InChI is InChI=1S/C10H16ClN3O/c1-7(2)3-9(4-11)14-10(15)8-5-12-13-6-8/h5-7,9H,3-4H2,1-2H3,(H,12,13)(H,14,15). The molecule has 84 valence electrons. The Kier molecular flexibility index (Phi) is 4.62. The molecule has 0 saturated carbocycles. The molecule has 1 aromatic heterocycles. The molecular weight excluding hydrogens is 214 g/mol. The number of halogens is 1. The van der Waals surface area contributed by atoms with E-state index in [1.807, 2.05) is 0 Å². The number of rotatable bonds is 5. The van der Waals surface area contributed by atoms with Crippen LogP contribution < -0.4 is 5.32 Å². The molecule has 0 aliphatic heterocycles. The summed E-state index contributed by atoms with van der Waals surface area (Å²) in [7, 11) is 0. The van der Waals surface area contributed by atoms with Crippen molar-refractivity contribution in [2.24, 2.45) is 5.92 Å². The van der Waals surface area contributed by atoms with Crippen molar-refractivity contribution in [2.75, 3.05) is 5.88 Å².